The summed E-state index contributed by atoms with van der Waals surface area (Å²) in [4.78, 5) is 11.8. The first-order valence-electron chi connectivity index (χ1n) is 5.87. The number of nitrogens with one attached hydrogen (secondary N) is 1. The van der Waals surface area contributed by atoms with Crippen molar-refractivity contribution < 1.29 is 13.7 Å². The van der Waals surface area contributed by atoms with Gasteiger partial charge in [0.05, 0.1) is 24.8 Å². The fourth-order valence-electron chi connectivity index (χ4n) is 1.53. The van der Waals surface area contributed by atoms with E-state index in [1.807, 2.05) is 0 Å². The summed E-state index contributed by atoms with van der Waals surface area (Å²) in [5.74, 6) is 4.64. The van der Waals surface area contributed by atoms with Crippen LogP contribution in [0.5, 0.6) is 0 Å². The van der Waals surface area contributed by atoms with Gasteiger partial charge in [0.15, 0.2) is 5.76 Å². The summed E-state index contributed by atoms with van der Waals surface area (Å²) >= 11 is 0. The van der Waals surface area contributed by atoms with Gasteiger partial charge in [0.25, 0.3) is 5.91 Å². The number of nitrogens with two attached hydrogens (primary N) is 1. The van der Waals surface area contributed by atoms with E-state index in [0.29, 0.717) is 11.3 Å². The van der Waals surface area contributed by atoms with Gasteiger partial charge >= 0.3 is 0 Å². The molecule has 0 aliphatic carbocycles. The van der Waals surface area contributed by atoms with Gasteiger partial charge in [-0.15, -0.1) is 0 Å². The van der Waals surface area contributed by atoms with Gasteiger partial charge in [-0.1, -0.05) is 17.0 Å². The summed E-state index contributed by atoms with van der Waals surface area (Å²) in [6.45, 7) is 0.341. The molecule has 0 saturated heterocycles. The second kappa shape index (κ2) is 6.50. The lowest BCUT2D eigenvalue weighted by Crippen LogP contribution is -2.23. The van der Waals surface area contributed by atoms with E-state index < -0.39 is 11.7 Å². The van der Waals surface area contributed by atoms with Gasteiger partial charge < -0.3 is 15.6 Å². The fourth-order valence-corrected chi connectivity index (χ4v) is 1.53. The van der Waals surface area contributed by atoms with Crippen LogP contribution in [0.1, 0.15) is 21.7 Å². The molecule has 2 rings (SSSR count). The number of rotatable bonds is 3. The Labute approximate surface area is 114 Å². The number of halogens is 1. The molecular formula is C14H12FN3O2. The third kappa shape index (κ3) is 3.43. The molecule has 1 aromatic heterocycles. The first kappa shape index (κ1) is 13.8. The molecule has 1 amide bonds. The Balaban J connectivity index is 2.06. The van der Waals surface area contributed by atoms with E-state index in [2.05, 4.69) is 22.3 Å². The highest BCUT2D eigenvalue weighted by atomic mass is 19.1. The number of amides is 1. The average molecular weight is 273 g/mol. The third-order valence-electron chi connectivity index (χ3n) is 2.46. The Bertz CT molecular complexity index is 657. The Kier molecular flexibility index (Phi) is 4.47. The smallest absolute Gasteiger partial charge is 0.254 e. The molecule has 1 aromatic carbocycles. The highest BCUT2D eigenvalue weighted by Gasteiger charge is 2.12. The molecular weight excluding hydrogens is 261 g/mol. The number of aromatic nitrogens is 1. The molecule has 0 spiro atoms. The lowest BCUT2D eigenvalue weighted by molar-refractivity contribution is 0.0943. The Hall–Kier alpha value is -2.65. The molecule has 0 aliphatic heterocycles. The zero-order valence-electron chi connectivity index (χ0n) is 10.5. The molecule has 6 heteroatoms. The molecule has 0 bridgehead atoms. The summed E-state index contributed by atoms with van der Waals surface area (Å²) < 4.78 is 18.6. The zero-order chi connectivity index (χ0) is 14.4. The molecule has 3 N–H and O–H groups in total. The van der Waals surface area contributed by atoms with Crippen LogP contribution < -0.4 is 11.1 Å². The van der Waals surface area contributed by atoms with E-state index in [1.54, 1.807) is 12.1 Å². The Morgan fingerprint density at radius 2 is 2.30 bits per heavy atom. The van der Waals surface area contributed by atoms with Gasteiger partial charge in [-0.25, -0.2) is 4.39 Å². The minimum atomic E-state index is -0.635. The van der Waals surface area contributed by atoms with Crippen LogP contribution in [0.25, 0.3) is 0 Å². The van der Waals surface area contributed by atoms with Crippen molar-refractivity contribution in [1.29, 1.82) is 0 Å². The van der Waals surface area contributed by atoms with Crippen molar-refractivity contribution in [2.45, 2.75) is 6.54 Å². The lowest BCUT2D eigenvalue weighted by Gasteiger charge is -2.04. The minimum Gasteiger partial charge on any atom is -0.360 e. The van der Waals surface area contributed by atoms with Crippen LogP contribution in [0, 0.1) is 17.7 Å². The van der Waals surface area contributed by atoms with Gasteiger partial charge in [-0.3, -0.25) is 4.79 Å². The van der Waals surface area contributed by atoms with Gasteiger partial charge in [0, 0.05) is 11.6 Å². The highest BCUT2D eigenvalue weighted by molar-refractivity contribution is 5.94. The monoisotopic (exact) mass is 273 g/mol. The summed E-state index contributed by atoms with van der Waals surface area (Å²) in [6, 6.07) is 5.76. The Morgan fingerprint density at radius 3 is 2.95 bits per heavy atom. The van der Waals surface area contributed by atoms with Gasteiger partial charge in [-0.05, 0) is 18.2 Å². The van der Waals surface area contributed by atoms with Crippen LogP contribution in [0.2, 0.25) is 0 Å². The summed E-state index contributed by atoms with van der Waals surface area (Å²) in [6.07, 6.45) is 1.47. The molecule has 20 heavy (non-hydrogen) atoms. The molecule has 2 aromatic rings. The maximum Gasteiger partial charge on any atom is 0.254 e. The largest absolute Gasteiger partial charge is 0.360 e. The summed E-state index contributed by atoms with van der Waals surface area (Å²) in [5.41, 5.74) is 5.65. The number of nitrogens with zero attached hydrogens (tertiary/aromatic N) is 1. The number of carbonyl (C=O) groups is 1. The molecule has 0 atom stereocenters. The molecule has 0 fully saturated rings. The molecule has 0 aliphatic rings. The quantitative estimate of drug-likeness (QED) is 0.819. The SMILES string of the molecule is NCC#Cc1ccc(C(=O)NCc2ccno2)c(F)c1. The fraction of sp³-hybridized carbons (Fsp3) is 0.143. The van der Waals surface area contributed by atoms with E-state index in [0.717, 1.165) is 0 Å². The predicted octanol–water partition coefficient (Wildman–Crippen LogP) is 1.05. The van der Waals surface area contributed by atoms with Gasteiger partial charge in [-0.2, -0.15) is 0 Å². The van der Waals surface area contributed by atoms with Gasteiger partial charge in [0.2, 0.25) is 0 Å². The first-order valence-corrected chi connectivity index (χ1v) is 5.87. The van der Waals surface area contributed by atoms with Crippen LogP contribution in [-0.4, -0.2) is 17.6 Å². The number of carbonyl (C=O) groups excluding carboxylic acids is 1. The molecule has 1 heterocycles. The second-order valence-corrected chi connectivity index (χ2v) is 3.86. The number of hydrogen-bond acceptors (Lipinski definition) is 4. The predicted molar refractivity (Wildman–Crippen MR) is 70.0 cm³/mol. The number of hydrogen-bond donors (Lipinski definition) is 2. The summed E-state index contributed by atoms with van der Waals surface area (Å²) in [5, 5.41) is 6.04. The van der Waals surface area contributed by atoms with Crippen LogP contribution in [0.15, 0.2) is 35.0 Å². The topological polar surface area (TPSA) is 81.2 Å². The van der Waals surface area contributed by atoms with E-state index in [9.17, 15) is 9.18 Å². The molecule has 102 valence electrons. The maximum absolute atomic E-state index is 13.8. The van der Waals surface area contributed by atoms with Crippen molar-refractivity contribution in [2.75, 3.05) is 6.54 Å². The van der Waals surface area contributed by atoms with E-state index in [4.69, 9.17) is 10.3 Å². The normalized spacial score (nSPS) is 9.70. The minimum absolute atomic E-state index is 0.0530. The van der Waals surface area contributed by atoms with E-state index in [-0.39, 0.29) is 18.7 Å². The Morgan fingerprint density at radius 1 is 1.45 bits per heavy atom. The van der Waals surface area contributed by atoms with Crippen molar-refractivity contribution in [2.24, 2.45) is 5.73 Å². The summed E-state index contributed by atoms with van der Waals surface area (Å²) in [7, 11) is 0. The third-order valence-corrected chi connectivity index (χ3v) is 2.46. The van der Waals surface area contributed by atoms with Crippen molar-refractivity contribution in [3.05, 3.63) is 53.2 Å². The first-order chi connectivity index (χ1) is 9.70. The van der Waals surface area contributed by atoms with Crippen molar-refractivity contribution in [3.8, 4) is 11.8 Å². The molecule has 0 unspecified atom stereocenters. The van der Waals surface area contributed by atoms with Crippen LogP contribution in [0.3, 0.4) is 0 Å². The van der Waals surface area contributed by atoms with Crippen molar-refractivity contribution >= 4 is 5.91 Å². The van der Waals surface area contributed by atoms with Gasteiger partial charge in [0.1, 0.15) is 5.82 Å². The van der Waals surface area contributed by atoms with Crippen molar-refractivity contribution in [1.82, 2.24) is 10.5 Å². The number of benzene rings is 1. The lowest BCUT2D eigenvalue weighted by atomic mass is 10.1. The zero-order valence-corrected chi connectivity index (χ0v) is 10.5. The van der Waals surface area contributed by atoms with E-state index >= 15 is 0 Å². The average Bonchev–Trinajstić information content (AvgIpc) is 2.96. The van der Waals surface area contributed by atoms with Crippen molar-refractivity contribution in [3.63, 3.8) is 0 Å². The van der Waals surface area contributed by atoms with Crippen LogP contribution in [0.4, 0.5) is 4.39 Å². The van der Waals surface area contributed by atoms with E-state index in [1.165, 1.54) is 18.3 Å². The highest BCUT2D eigenvalue weighted by Crippen LogP contribution is 2.10. The second-order valence-electron chi connectivity index (χ2n) is 3.86. The molecule has 0 radical (unpaired) electrons. The van der Waals surface area contributed by atoms with Crippen LogP contribution in [-0.2, 0) is 6.54 Å². The standard InChI is InChI=1S/C14H12FN3O2/c15-13-8-10(2-1-6-16)3-4-12(13)14(19)17-9-11-5-7-18-20-11/h3-5,7-8H,6,9,16H2,(H,17,19). The molecule has 5 nitrogen and oxygen atoms in total. The molecule has 0 saturated carbocycles. The van der Waals surface area contributed by atoms with Crippen LogP contribution >= 0.6 is 0 Å². The maximum atomic E-state index is 13.8.